The summed E-state index contributed by atoms with van der Waals surface area (Å²) in [6.07, 6.45) is 42.3. The topological polar surface area (TPSA) is 332 Å². The van der Waals surface area contributed by atoms with Crippen LogP contribution < -0.4 is 55.3 Å². The fourth-order valence-corrected chi connectivity index (χ4v) is 8.79. The van der Waals surface area contributed by atoms with Crippen molar-refractivity contribution in [2.24, 2.45) is 141 Å². The first kappa shape index (κ1) is 210. The van der Waals surface area contributed by atoms with Gasteiger partial charge in [0.15, 0.2) is 0 Å². The van der Waals surface area contributed by atoms with Crippen molar-refractivity contribution in [1.29, 1.82) is 0 Å². The van der Waals surface area contributed by atoms with E-state index in [-0.39, 0.29) is 74.1 Å². The van der Waals surface area contributed by atoms with Crippen molar-refractivity contribution >= 4 is 24.1 Å². The van der Waals surface area contributed by atoms with E-state index in [1.807, 2.05) is 61.6 Å². The zero-order valence-electron chi connectivity index (χ0n) is 105. The molecule has 0 heterocycles. The van der Waals surface area contributed by atoms with Crippen LogP contribution in [0.15, 0.2) is 12.7 Å². The van der Waals surface area contributed by atoms with Gasteiger partial charge in [0, 0.05) is 78.5 Å². The number of carboxylic acids is 1. The van der Waals surface area contributed by atoms with E-state index in [2.05, 4.69) is 327 Å². The molecular weight excluding hydrogens is 1810 g/mol. The predicted molar refractivity (Wildman–Crippen MR) is 683 cm³/mol. The average Bonchev–Trinajstić information content (AvgIpc) is 0.971. The number of carbonyl (C=O) groups excluding carboxylic acids is 3. The van der Waals surface area contributed by atoms with E-state index in [0.717, 1.165) is 208 Å². The van der Waals surface area contributed by atoms with E-state index >= 15 is 0 Å². The van der Waals surface area contributed by atoms with E-state index in [0.29, 0.717) is 67.6 Å². The summed E-state index contributed by atoms with van der Waals surface area (Å²) in [4.78, 5) is 42.2. The lowest BCUT2D eigenvalue weighted by molar-refractivity contribution is -0.137. The summed E-state index contributed by atoms with van der Waals surface area (Å²) >= 11 is 0. The predicted octanol–water partition coefficient (Wildman–Crippen LogP) is 33.4. The van der Waals surface area contributed by atoms with Crippen LogP contribution >= 0.6 is 0 Å². The number of aliphatic hydroxyl groups excluding tert-OH is 2. The number of aliphatic carboxylic acids is 1. The number of terminal acetylenes is 2. The number of carbonyl (C=O) groups is 4. The third-order valence-electron chi connectivity index (χ3n) is 17.3. The van der Waals surface area contributed by atoms with Crippen LogP contribution in [0.4, 0.5) is 0 Å². The van der Waals surface area contributed by atoms with Gasteiger partial charge in [0.05, 0.1) is 6.61 Å². The minimum atomic E-state index is -0.713. The molecule has 910 valence electrons. The maximum atomic E-state index is 10.3. The first-order valence-corrected chi connectivity index (χ1v) is 56.3. The highest BCUT2D eigenvalue weighted by molar-refractivity contribution is 5.74. The third-order valence-corrected chi connectivity index (χ3v) is 17.3. The maximum Gasteiger partial charge on any atom is 0.303 e. The standard InChI is InChI=1S/C8H19N.C7H15NO.C7H17NO.C7H17N.C7H16O.2C7H16.C6H13NO.2C6H15N.C6H12.2C6H10.4C5H13N.C5H10O2.C5H12O.C5H10O.6CH4/c1-7(2)5-6-9-8(3)4;1-6(2)4-5-8-7(3)9;1-3-4-5-8-6-7-9-2;1-7(2)5-6-8(3)4;1-6(2)4-7(3)5-8;2*1-4-5-6-7(2)3;1-6(2,3)4-5(7)8;1-6(2)4-5-7-3;1-3-5-6-7-4-2;3*1-4-5-6(2)3;4*1-5(2)3-4-6;1-4(2)3-5(6)7;2*1-5(2)3-4-6;;;;;;/h7-9H,5-6H2,1-4H3;6H,4-5H2,1-3H3,(H,8,9);8H,3-7H2,1-2H3;7H,5-6H2,1-4H3;6-8H,4-5H2,1-3H3;2*7H,4-6H2,1-3H3;4H2,1-3H3,(H2,7,8);6-7H,4-5H2,1-3H3;7H,3-6H2,1-2H3;4,6H,1,5H2,2-3H3;2*1,6H,5H2,2-3H3;4*5H,3-4,6H2,1-2H3;4H,3H2,1-2H3,(H,6,7);5-6H,3-4H2,1-2H3;4-5H,3H2,1-2H3;6*1H4/t;;;;7-;;;;;;;;;;;;;;;;;;;;;/m....0...................../s1. The first-order valence-electron chi connectivity index (χ1n) is 56.3. The molecule has 0 aliphatic heterocycles. The number of unbranched alkanes of at least 4 members (excludes halogenated alkanes) is 4. The molecule has 2 amide bonds. The lowest BCUT2D eigenvalue weighted by atomic mass is 9.92. The zero-order valence-corrected chi connectivity index (χ0v) is 105. The molecule has 0 saturated carbocycles. The second kappa shape index (κ2) is 186. The van der Waals surface area contributed by atoms with Crippen molar-refractivity contribution < 1.29 is 39.2 Å². The van der Waals surface area contributed by atoms with Gasteiger partial charge in [0.1, 0.15) is 6.29 Å². The van der Waals surface area contributed by atoms with Gasteiger partial charge in [-0.3, -0.25) is 14.4 Å². The number of carboxylic acid groups (broad SMARTS) is 1. The molecule has 146 heavy (non-hydrogen) atoms. The Labute approximate surface area is 930 Å². The number of amides is 2. The molecule has 0 spiro atoms. The number of aldehydes is 1. The molecule has 19 heteroatoms. The van der Waals surface area contributed by atoms with Crippen molar-refractivity contribution in [3.05, 3.63) is 12.7 Å². The van der Waals surface area contributed by atoms with Crippen LogP contribution in [-0.2, 0) is 23.9 Å². The molecular formula is C127H299N11O8. The lowest BCUT2D eigenvalue weighted by Crippen LogP contribution is -2.24. The van der Waals surface area contributed by atoms with Gasteiger partial charge < -0.3 is 85.0 Å². The van der Waals surface area contributed by atoms with E-state index < -0.39 is 5.97 Å². The summed E-state index contributed by atoms with van der Waals surface area (Å²) in [5, 5.41) is 40.6. The second-order valence-corrected chi connectivity index (χ2v) is 45.3. The molecule has 18 N–H and O–H groups in total. The Hall–Kier alpha value is -3.54. The Morgan fingerprint density at radius 1 is 0.425 bits per heavy atom. The average molecular weight is 2110 g/mol. The number of hydrogen-bond acceptors (Lipinski definition) is 16. The summed E-state index contributed by atoms with van der Waals surface area (Å²) in [7, 11) is 7.94. The summed E-state index contributed by atoms with van der Waals surface area (Å²) in [5.41, 5.74) is 25.9. The van der Waals surface area contributed by atoms with Crippen molar-refractivity contribution in [3.63, 3.8) is 0 Å². The van der Waals surface area contributed by atoms with Gasteiger partial charge in [-0.05, 0) is 282 Å². The van der Waals surface area contributed by atoms with E-state index in [1.165, 1.54) is 96.6 Å². The number of allylic oxidation sites excluding steroid dienone is 1. The van der Waals surface area contributed by atoms with Crippen molar-refractivity contribution in [2.75, 3.05) is 127 Å². The molecule has 0 aromatic carbocycles. The molecule has 19 nitrogen and oxygen atoms in total. The quantitative estimate of drug-likeness (QED) is 0.0116. The minimum Gasteiger partial charge on any atom is -0.481 e. The Kier molecular flexibility index (Phi) is 268. The van der Waals surface area contributed by atoms with Crippen LogP contribution in [0.2, 0.25) is 0 Å². The number of primary amides is 1. The summed E-state index contributed by atoms with van der Waals surface area (Å²) in [6.45, 7) is 115. The molecule has 0 unspecified atom stereocenters. The number of nitrogens with zero attached hydrogens (tertiary/aromatic N) is 1. The molecule has 0 fully saturated rings. The molecule has 0 bridgehead atoms. The van der Waals surface area contributed by atoms with Gasteiger partial charge in [0.2, 0.25) is 11.8 Å². The number of nitrogens with two attached hydrogens (primary N) is 5. The summed E-state index contributed by atoms with van der Waals surface area (Å²) < 4.78 is 4.86. The fourth-order valence-electron chi connectivity index (χ4n) is 8.79. The smallest absolute Gasteiger partial charge is 0.303 e. The largest absolute Gasteiger partial charge is 0.481 e. The van der Waals surface area contributed by atoms with Gasteiger partial charge >= 0.3 is 5.97 Å². The number of hydrogen-bond donors (Lipinski definition) is 13. The summed E-state index contributed by atoms with van der Waals surface area (Å²) in [5.74, 6) is 17.1. The van der Waals surface area contributed by atoms with Crippen LogP contribution in [0.5, 0.6) is 0 Å². The number of nitrogens with one attached hydrogen (secondary N) is 5. The number of methoxy groups -OCH3 is 1. The number of aliphatic hydroxyl groups is 2. The molecule has 0 radical (unpaired) electrons. The monoisotopic (exact) mass is 2110 g/mol. The second-order valence-electron chi connectivity index (χ2n) is 45.3. The van der Waals surface area contributed by atoms with E-state index in [1.54, 1.807) is 14.0 Å². The Morgan fingerprint density at radius 3 is 0.856 bits per heavy atom. The van der Waals surface area contributed by atoms with Crippen LogP contribution in [0.3, 0.4) is 0 Å². The van der Waals surface area contributed by atoms with E-state index in [9.17, 15) is 19.2 Å². The Morgan fingerprint density at radius 2 is 0.740 bits per heavy atom. The minimum absolute atomic E-state index is 0. The van der Waals surface area contributed by atoms with Crippen LogP contribution in [0, 0.1) is 137 Å². The van der Waals surface area contributed by atoms with Gasteiger partial charge in [-0.1, -0.05) is 414 Å². The molecule has 0 aliphatic rings. The molecule has 0 rings (SSSR count). The lowest BCUT2D eigenvalue weighted by Gasteiger charge is -2.13. The Bertz CT molecular complexity index is 2020. The van der Waals surface area contributed by atoms with Crippen molar-refractivity contribution in [2.45, 2.75) is 536 Å². The van der Waals surface area contributed by atoms with Crippen molar-refractivity contribution in [1.82, 2.24) is 31.5 Å². The molecule has 0 aromatic heterocycles. The molecule has 0 saturated heterocycles. The fraction of sp³-hybridized carbons (Fsp3) is 0.921. The van der Waals surface area contributed by atoms with E-state index in [4.69, 9.17) is 61.6 Å². The first-order chi connectivity index (χ1) is 64.7. The van der Waals surface area contributed by atoms with Crippen LogP contribution in [0.1, 0.15) is 530 Å². The summed E-state index contributed by atoms with van der Waals surface area (Å²) in [6, 6.07) is 0.642. The van der Waals surface area contributed by atoms with Crippen LogP contribution in [0.25, 0.3) is 0 Å². The third kappa shape index (κ3) is 455. The molecule has 1 atom stereocenters. The number of ether oxygens (including phenoxy) is 1. The van der Waals surface area contributed by atoms with Gasteiger partial charge in [-0.25, -0.2) is 0 Å². The molecule has 0 aliphatic carbocycles. The van der Waals surface area contributed by atoms with Crippen molar-refractivity contribution in [3.8, 4) is 24.7 Å². The van der Waals surface area contributed by atoms with Gasteiger partial charge in [-0.2, -0.15) is 0 Å². The number of rotatable bonds is 51. The highest BCUT2D eigenvalue weighted by Crippen LogP contribution is 2.17. The highest BCUT2D eigenvalue weighted by Gasteiger charge is 2.13. The zero-order chi connectivity index (χ0) is 115. The Balaban J connectivity index is -0.0000000432. The molecule has 0 aromatic rings. The van der Waals surface area contributed by atoms with Gasteiger partial charge in [0.25, 0.3) is 0 Å². The van der Waals surface area contributed by atoms with Crippen LogP contribution in [-0.4, -0.2) is 177 Å². The normalized spacial score (nSPS) is 9.84. The maximum absolute atomic E-state index is 10.3. The highest BCUT2D eigenvalue weighted by atomic mass is 16.5. The SMILES string of the molecule is C.C.C.C.C.C.C#CCC(C)C.C#CCC(C)C.C=CCC(C)C.CC(=O)NCCC(C)C.CC(C)(C)CC(N)=O.CC(C)CC(=O)O.CC(C)CC=O.CC(C)CCN.CC(C)CCN.CC(C)CCN.CC(C)CCN.CC(C)CCN(C)C.CC(C)CCNC(C)C.CC(C)CCO.CC(C)C[C@H](C)CO.CCCCC(C)C.CCCCC(C)C.CCCCNCC.CCCCNCCOC.CNCCC(C)C. The van der Waals surface area contributed by atoms with Gasteiger partial charge in [-0.15, -0.1) is 31.3 Å².